The van der Waals surface area contributed by atoms with Gasteiger partial charge in [0.05, 0.1) is 37.1 Å². The van der Waals surface area contributed by atoms with E-state index in [1.165, 1.54) is 34.6 Å². The zero-order chi connectivity index (χ0) is 24.5. The second-order valence-corrected chi connectivity index (χ2v) is 11.2. The molecule has 0 aromatic rings. The molecule has 2 heterocycles. The summed E-state index contributed by atoms with van der Waals surface area (Å²) in [5.41, 5.74) is -11.1. The molecule has 184 valence electrons. The molecule has 31 heavy (non-hydrogen) atoms. The number of aliphatic hydroxyl groups excluding tert-OH is 2. The van der Waals surface area contributed by atoms with Gasteiger partial charge in [-0.15, -0.1) is 0 Å². The van der Waals surface area contributed by atoms with Crippen molar-refractivity contribution in [2.75, 3.05) is 19.8 Å². The molecule has 2 rings (SSSR count). The Balaban J connectivity index is 2.37. The molecular weight excluding hydrogens is 408 g/mol. The number of ether oxygens (including phenoxy) is 3. The van der Waals surface area contributed by atoms with Crippen molar-refractivity contribution in [3.8, 4) is 0 Å². The topological polar surface area (TPSA) is 149 Å². The number of hydrogen-bond donors (Lipinski definition) is 6. The maximum atomic E-state index is 11.3. The predicted molar refractivity (Wildman–Crippen MR) is 112 cm³/mol. The van der Waals surface area contributed by atoms with Crippen LogP contribution in [0.15, 0.2) is 0 Å². The normalized spacial score (nSPS) is 58.4. The highest BCUT2D eigenvalue weighted by Gasteiger charge is 2.74. The average Bonchev–Trinajstić information content (AvgIpc) is 2.62. The van der Waals surface area contributed by atoms with Crippen LogP contribution < -0.4 is 0 Å². The van der Waals surface area contributed by atoms with Crippen LogP contribution in [0, 0.1) is 5.41 Å². The summed E-state index contributed by atoms with van der Waals surface area (Å²) < 4.78 is 18.2. The van der Waals surface area contributed by atoms with Crippen LogP contribution in [0.5, 0.6) is 0 Å². The zero-order valence-electron chi connectivity index (χ0n) is 20.3. The fraction of sp³-hybridized carbons (Fsp3) is 1.00. The lowest BCUT2D eigenvalue weighted by atomic mass is 9.61. The molecule has 9 nitrogen and oxygen atoms in total. The summed E-state index contributed by atoms with van der Waals surface area (Å²) in [6, 6.07) is 0. The Bertz CT molecular complexity index is 690. The van der Waals surface area contributed by atoms with Crippen LogP contribution in [0.4, 0.5) is 0 Å². The standard InChI is InChI=1S/C22H42O9/c1-14-16(3,11-23)17(4,25)10-15(2,30-14)13-29-22(9)21(8,28)20(7,27)19(6,26)18(5,12-24)31-22/h14,23-28H,10-13H2,1-9H3/t14-,15?,16?,17?,18?,19-,20?,21?,22-/m0/s1. The van der Waals surface area contributed by atoms with Gasteiger partial charge in [0.15, 0.2) is 5.79 Å². The third-order valence-electron chi connectivity index (χ3n) is 8.82. The van der Waals surface area contributed by atoms with Crippen molar-refractivity contribution in [3.05, 3.63) is 0 Å². The minimum atomic E-state index is -2.13. The fourth-order valence-electron chi connectivity index (χ4n) is 5.06. The second-order valence-electron chi connectivity index (χ2n) is 11.2. The van der Waals surface area contributed by atoms with Crippen LogP contribution in [0.3, 0.4) is 0 Å². The monoisotopic (exact) mass is 450 g/mol. The van der Waals surface area contributed by atoms with Gasteiger partial charge in [-0.05, 0) is 55.4 Å². The first-order valence-corrected chi connectivity index (χ1v) is 10.8. The number of aliphatic hydroxyl groups is 6. The Morgan fingerprint density at radius 1 is 0.806 bits per heavy atom. The van der Waals surface area contributed by atoms with E-state index < -0.39 is 57.5 Å². The van der Waals surface area contributed by atoms with Gasteiger partial charge in [-0.3, -0.25) is 0 Å². The quantitative estimate of drug-likeness (QED) is 0.342. The lowest BCUT2D eigenvalue weighted by molar-refractivity contribution is -0.462. The zero-order valence-corrected chi connectivity index (χ0v) is 20.3. The molecule has 0 aromatic heterocycles. The summed E-state index contributed by atoms with van der Waals surface area (Å²) in [5.74, 6) is -1.85. The highest BCUT2D eigenvalue weighted by molar-refractivity contribution is 5.21. The molecule has 2 saturated heterocycles. The summed E-state index contributed by atoms with van der Waals surface area (Å²) in [4.78, 5) is 0. The lowest BCUT2D eigenvalue weighted by Crippen LogP contribution is -2.85. The molecule has 9 heteroatoms. The summed E-state index contributed by atoms with van der Waals surface area (Å²) in [6.45, 7) is 12.6. The molecule has 6 unspecified atom stereocenters. The SMILES string of the molecule is C[C@@H]1OC(C)(CO[C@@]2(C)OC(C)(CO)[C@](C)(O)C(C)(O)C2(C)O)CC(C)(O)C1(C)CO. The van der Waals surface area contributed by atoms with Gasteiger partial charge in [-0.2, -0.15) is 0 Å². The highest BCUT2D eigenvalue weighted by Crippen LogP contribution is 2.54. The molecule has 0 amide bonds. The van der Waals surface area contributed by atoms with Crippen molar-refractivity contribution in [1.29, 1.82) is 0 Å². The van der Waals surface area contributed by atoms with Crippen molar-refractivity contribution in [3.63, 3.8) is 0 Å². The molecule has 2 fully saturated rings. The smallest absolute Gasteiger partial charge is 0.198 e. The molecule has 6 N–H and O–H groups in total. The minimum absolute atomic E-state index is 0.130. The molecule has 0 aromatic carbocycles. The van der Waals surface area contributed by atoms with E-state index in [4.69, 9.17) is 14.2 Å². The van der Waals surface area contributed by atoms with Crippen LogP contribution >= 0.6 is 0 Å². The van der Waals surface area contributed by atoms with Gasteiger partial charge >= 0.3 is 0 Å². The molecule has 9 atom stereocenters. The van der Waals surface area contributed by atoms with Crippen LogP contribution in [-0.2, 0) is 14.2 Å². The van der Waals surface area contributed by atoms with Crippen LogP contribution in [0.2, 0.25) is 0 Å². The molecule has 0 radical (unpaired) electrons. The summed E-state index contributed by atoms with van der Waals surface area (Å²) in [7, 11) is 0. The van der Waals surface area contributed by atoms with Gasteiger partial charge in [0.1, 0.15) is 22.4 Å². The molecule has 0 aliphatic carbocycles. The van der Waals surface area contributed by atoms with E-state index in [-0.39, 0.29) is 19.6 Å². The van der Waals surface area contributed by atoms with Crippen LogP contribution in [0.25, 0.3) is 0 Å². The van der Waals surface area contributed by atoms with E-state index in [0.717, 1.165) is 0 Å². The van der Waals surface area contributed by atoms with Crippen LogP contribution in [-0.4, -0.2) is 96.0 Å². The summed E-state index contributed by atoms with van der Waals surface area (Å²) in [6.07, 6.45) is -0.382. The van der Waals surface area contributed by atoms with E-state index >= 15 is 0 Å². The number of hydrogen-bond acceptors (Lipinski definition) is 9. The van der Waals surface area contributed by atoms with E-state index in [2.05, 4.69) is 0 Å². The van der Waals surface area contributed by atoms with Gasteiger partial charge in [-0.1, -0.05) is 6.92 Å². The Morgan fingerprint density at radius 2 is 1.32 bits per heavy atom. The van der Waals surface area contributed by atoms with Gasteiger partial charge in [0.25, 0.3) is 0 Å². The van der Waals surface area contributed by atoms with E-state index in [9.17, 15) is 30.6 Å². The fourth-order valence-corrected chi connectivity index (χ4v) is 5.06. The third kappa shape index (κ3) is 3.48. The summed E-state index contributed by atoms with van der Waals surface area (Å²) in [5, 5.41) is 64.4. The lowest BCUT2D eigenvalue weighted by Gasteiger charge is -2.65. The Hall–Kier alpha value is -0.360. The first-order valence-electron chi connectivity index (χ1n) is 10.8. The maximum Gasteiger partial charge on any atom is 0.198 e. The molecular formula is C22H42O9. The molecule has 2 aliphatic rings. The first kappa shape index (κ1) is 26.9. The van der Waals surface area contributed by atoms with Gasteiger partial charge in [0, 0.05) is 11.8 Å². The largest absolute Gasteiger partial charge is 0.396 e. The van der Waals surface area contributed by atoms with Crippen molar-refractivity contribution < 1.29 is 44.8 Å². The van der Waals surface area contributed by atoms with E-state index in [0.29, 0.717) is 0 Å². The maximum absolute atomic E-state index is 11.3. The molecule has 0 bridgehead atoms. The third-order valence-corrected chi connectivity index (χ3v) is 8.82. The average molecular weight is 451 g/mol. The van der Waals surface area contributed by atoms with Crippen molar-refractivity contribution in [1.82, 2.24) is 0 Å². The van der Waals surface area contributed by atoms with Crippen molar-refractivity contribution in [2.24, 2.45) is 5.41 Å². The summed E-state index contributed by atoms with van der Waals surface area (Å²) >= 11 is 0. The van der Waals surface area contributed by atoms with E-state index in [1.807, 2.05) is 0 Å². The van der Waals surface area contributed by atoms with Crippen molar-refractivity contribution in [2.45, 2.75) is 114 Å². The van der Waals surface area contributed by atoms with Gasteiger partial charge < -0.3 is 44.8 Å². The van der Waals surface area contributed by atoms with Crippen LogP contribution in [0.1, 0.15) is 68.7 Å². The Labute approximate surface area is 184 Å². The number of rotatable bonds is 5. The minimum Gasteiger partial charge on any atom is -0.396 e. The molecule has 2 aliphatic heterocycles. The Morgan fingerprint density at radius 3 is 1.74 bits per heavy atom. The molecule has 0 spiro atoms. The van der Waals surface area contributed by atoms with Crippen molar-refractivity contribution >= 4 is 0 Å². The predicted octanol–water partition coefficient (Wildman–Crippen LogP) is 0.0705. The molecule has 0 saturated carbocycles. The second kappa shape index (κ2) is 7.32. The first-order chi connectivity index (χ1) is 13.6. The van der Waals surface area contributed by atoms with Gasteiger partial charge in [0.2, 0.25) is 0 Å². The highest BCUT2D eigenvalue weighted by atomic mass is 16.7. The van der Waals surface area contributed by atoms with Gasteiger partial charge in [-0.25, -0.2) is 0 Å². The van der Waals surface area contributed by atoms with E-state index in [1.54, 1.807) is 27.7 Å². The Kier molecular flexibility index (Phi) is 6.35.